The van der Waals surface area contributed by atoms with E-state index >= 15 is 0 Å². The molecule has 156 valence electrons. The fraction of sp³-hybridized carbons (Fsp3) is 0.333. The summed E-state index contributed by atoms with van der Waals surface area (Å²) in [5.41, 5.74) is 2.31. The van der Waals surface area contributed by atoms with Gasteiger partial charge in [0.05, 0.1) is 18.0 Å². The Hall–Kier alpha value is -3.28. The van der Waals surface area contributed by atoms with Crippen molar-refractivity contribution in [2.24, 2.45) is 0 Å². The van der Waals surface area contributed by atoms with E-state index in [9.17, 15) is 9.59 Å². The van der Waals surface area contributed by atoms with Gasteiger partial charge in [0.1, 0.15) is 13.2 Å². The van der Waals surface area contributed by atoms with E-state index in [-0.39, 0.29) is 24.3 Å². The van der Waals surface area contributed by atoms with Gasteiger partial charge in [0.25, 0.3) is 0 Å². The summed E-state index contributed by atoms with van der Waals surface area (Å²) >= 11 is 0. The second-order valence-corrected chi connectivity index (χ2v) is 8.12. The molecule has 2 aliphatic heterocycles. The quantitative estimate of drug-likeness (QED) is 0.839. The van der Waals surface area contributed by atoms with Crippen molar-refractivity contribution in [3.63, 3.8) is 0 Å². The summed E-state index contributed by atoms with van der Waals surface area (Å²) in [5.74, 6) is 1.19. The number of nitrogens with zero attached hydrogens (tertiary/aromatic N) is 1. The Balaban J connectivity index is 1.53. The highest BCUT2D eigenvalue weighted by atomic mass is 16.6. The Morgan fingerprint density at radius 2 is 1.83 bits per heavy atom. The third-order valence-electron chi connectivity index (χ3n) is 5.56. The van der Waals surface area contributed by atoms with Crippen LogP contribution in [0.5, 0.6) is 11.5 Å². The van der Waals surface area contributed by atoms with Crippen molar-refractivity contribution in [1.82, 2.24) is 10.2 Å². The summed E-state index contributed by atoms with van der Waals surface area (Å²) in [6, 6.07) is 13.2. The number of ether oxygens (including phenoxy) is 2. The maximum Gasteiger partial charge on any atom is 0.223 e. The summed E-state index contributed by atoms with van der Waals surface area (Å²) in [7, 11) is 0. The van der Waals surface area contributed by atoms with Crippen LogP contribution in [0.1, 0.15) is 49.9 Å². The van der Waals surface area contributed by atoms with Crippen LogP contribution in [-0.2, 0) is 15.1 Å². The Bertz CT molecular complexity index is 1010. The van der Waals surface area contributed by atoms with E-state index in [4.69, 9.17) is 9.47 Å². The molecule has 6 heteroatoms. The van der Waals surface area contributed by atoms with Gasteiger partial charge in [0, 0.05) is 13.1 Å². The van der Waals surface area contributed by atoms with Crippen molar-refractivity contribution in [3.05, 3.63) is 65.4 Å². The summed E-state index contributed by atoms with van der Waals surface area (Å²) in [6.07, 6.45) is 3.84. The molecule has 0 saturated heterocycles. The molecule has 0 radical (unpaired) electrons. The minimum atomic E-state index is -0.613. The molecule has 0 unspecified atom stereocenters. The lowest BCUT2D eigenvalue weighted by Gasteiger charge is -2.34. The van der Waals surface area contributed by atoms with Gasteiger partial charge >= 0.3 is 0 Å². The van der Waals surface area contributed by atoms with Crippen LogP contribution in [-0.4, -0.2) is 29.9 Å². The lowest BCUT2D eigenvalue weighted by molar-refractivity contribution is -0.130. The summed E-state index contributed by atoms with van der Waals surface area (Å²) in [4.78, 5) is 26.8. The molecular weight excluding hydrogens is 380 g/mol. The van der Waals surface area contributed by atoms with Crippen molar-refractivity contribution in [1.29, 1.82) is 0 Å². The number of hydrogen-bond donors (Lipinski definition) is 1. The number of carbonyl (C=O) groups is 2. The van der Waals surface area contributed by atoms with Gasteiger partial charge in [-0.05, 0) is 48.7 Å². The van der Waals surface area contributed by atoms with E-state index in [1.54, 1.807) is 11.1 Å². The Morgan fingerprint density at radius 1 is 1.10 bits per heavy atom. The van der Waals surface area contributed by atoms with E-state index in [1.807, 2.05) is 62.4 Å². The van der Waals surface area contributed by atoms with Crippen LogP contribution in [0.2, 0.25) is 0 Å². The van der Waals surface area contributed by atoms with Crippen LogP contribution >= 0.6 is 0 Å². The minimum Gasteiger partial charge on any atom is -0.486 e. The van der Waals surface area contributed by atoms with Crippen molar-refractivity contribution >= 4 is 17.9 Å². The number of carbonyl (C=O) groups excluding carboxylic acids is 2. The van der Waals surface area contributed by atoms with Crippen LogP contribution in [0.15, 0.2) is 48.7 Å². The average molecular weight is 406 g/mol. The number of benzene rings is 2. The molecule has 0 aliphatic carbocycles. The van der Waals surface area contributed by atoms with E-state index in [1.165, 1.54) is 6.92 Å². The summed E-state index contributed by atoms with van der Waals surface area (Å²) in [5, 5.41) is 3.12. The van der Waals surface area contributed by atoms with Crippen molar-refractivity contribution in [2.45, 2.75) is 38.8 Å². The highest BCUT2D eigenvalue weighted by Gasteiger charge is 2.31. The second-order valence-electron chi connectivity index (χ2n) is 8.12. The topological polar surface area (TPSA) is 67.9 Å². The third kappa shape index (κ3) is 3.90. The molecule has 2 aromatic rings. The summed E-state index contributed by atoms with van der Waals surface area (Å²) in [6.45, 7) is 6.47. The van der Waals surface area contributed by atoms with Gasteiger partial charge < -0.3 is 19.7 Å². The van der Waals surface area contributed by atoms with Crippen LogP contribution in [0.4, 0.5) is 0 Å². The van der Waals surface area contributed by atoms with Crippen molar-refractivity contribution in [3.8, 4) is 11.5 Å². The first-order chi connectivity index (χ1) is 14.3. The molecule has 2 aliphatic rings. The van der Waals surface area contributed by atoms with E-state index in [0.29, 0.717) is 19.0 Å². The number of rotatable bonds is 4. The highest BCUT2D eigenvalue weighted by Crippen LogP contribution is 2.36. The van der Waals surface area contributed by atoms with Gasteiger partial charge in [0.15, 0.2) is 11.5 Å². The predicted octanol–water partition coefficient (Wildman–Crippen LogP) is 3.77. The smallest absolute Gasteiger partial charge is 0.223 e. The molecule has 0 bridgehead atoms. The normalized spacial score (nSPS) is 17.3. The molecule has 2 aromatic carbocycles. The van der Waals surface area contributed by atoms with Crippen LogP contribution in [0.3, 0.4) is 0 Å². The van der Waals surface area contributed by atoms with E-state index in [0.717, 1.165) is 22.4 Å². The van der Waals surface area contributed by atoms with Gasteiger partial charge in [-0.2, -0.15) is 0 Å². The molecule has 6 nitrogen and oxygen atoms in total. The predicted molar refractivity (Wildman–Crippen MR) is 114 cm³/mol. The zero-order valence-corrected chi connectivity index (χ0v) is 17.5. The molecule has 30 heavy (non-hydrogen) atoms. The molecule has 1 atom stereocenters. The highest BCUT2D eigenvalue weighted by molar-refractivity contribution is 5.82. The van der Waals surface area contributed by atoms with Crippen LogP contribution < -0.4 is 14.8 Å². The zero-order valence-electron chi connectivity index (χ0n) is 17.5. The minimum absolute atomic E-state index is 0.0929. The second kappa shape index (κ2) is 7.86. The van der Waals surface area contributed by atoms with Gasteiger partial charge in [-0.1, -0.05) is 30.3 Å². The monoisotopic (exact) mass is 406 g/mol. The fourth-order valence-electron chi connectivity index (χ4n) is 3.99. The maximum atomic E-state index is 13.0. The third-order valence-corrected chi connectivity index (χ3v) is 5.56. The summed E-state index contributed by atoms with van der Waals surface area (Å²) < 4.78 is 11.3. The molecule has 2 heterocycles. The average Bonchev–Trinajstić information content (AvgIpc) is 2.73. The fourth-order valence-corrected chi connectivity index (χ4v) is 3.99. The number of amides is 2. The lowest BCUT2D eigenvalue weighted by atomic mass is 9.91. The Kier molecular flexibility index (Phi) is 5.24. The standard InChI is InChI=1S/C24H26N2O4/c1-16(27)26-11-10-17-6-4-5-7-19(17)20(26)15-23(28)25-24(2,3)18-8-9-21-22(14-18)30-13-12-29-21/h4-11,14,20H,12-13,15H2,1-3H3,(H,25,28)/t20-/m0/s1. The molecule has 4 rings (SSSR count). The zero-order chi connectivity index (χ0) is 21.3. The van der Waals surface area contributed by atoms with Crippen LogP contribution in [0, 0.1) is 0 Å². The maximum absolute atomic E-state index is 13.0. The van der Waals surface area contributed by atoms with E-state index in [2.05, 4.69) is 5.32 Å². The first kappa shape index (κ1) is 20.0. The molecular formula is C24H26N2O4. The van der Waals surface area contributed by atoms with Gasteiger partial charge in [0.2, 0.25) is 11.8 Å². The largest absolute Gasteiger partial charge is 0.486 e. The molecule has 2 amide bonds. The van der Waals surface area contributed by atoms with Gasteiger partial charge in [-0.25, -0.2) is 0 Å². The molecule has 0 aromatic heterocycles. The number of hydrogen-bond acceptors (Lipinski definition) is 4. The van der Waals surface area contributed by atoms with Gasteiger partial charge in [-0.3, -0.25) is 9.59 Å². The van der Waals surface area contributed by atoms with Gasteiger partial charge in [-0.15, -0.1) is 0 Å². The molecule has 1 N–H and O–H groups in total. The van der Waals surface area contributed by atoms with Crippen LogP contribution in [0.25, 0.3) is 6.08 Å². The van der Waals surface area contributed by atoms with E-state index < -0.39 is 5.54 Å². The van der Waals surface area contributed by atoms with Crippen molar-refractivity contribution < 1.29 is 19.1 Å². The number of fused-ring (bicyclic) bond motifs is 2. The first-order valence-corrected chi connectivity index (χ1v) is 10.1. The Labute approximate surface area is 176 Å². The molecule has 0 fully saturated rings. The van der Waals surface area contributed by atoms with Crippen molar-refractivity contribution in [2.75, 3.05) is 13.2 Å². The Morgan fingerprint density at radius 3 is 2.60 bits per heavy atom. The molecule has 0 spiro atoms. The molecule has 0 saturated carbocycles. The first-order valence-electron chi connectivity index (χ1n) is 10.1. The SMILES string of the molecule is CC(=O)N1C=Cc2ccccc2[C@@H]1CC(=O)NC(C)(C)c1ccc2c(c1)OCCO2. The number of nitrogens with one attached hydrogen (secondary N) is 1. The lowest BCUT2D eigenvalue weighted by Crippen LogP contribution is -2.43.